The molecule has 1 aliphatic carbocycles. The normalized spacial score (nSPS) is 20.6. The minimum Gasteiger partial charge on any atom is -0.297 e. The molecule has 0 bridgehead atoms. The maximum Gasteiger partial charge on any atom is 0.164 e. The van der Waals surface area contributed by atoms with Crippen LogP contribution in [0.2, 0.25) is 0 Å². The van der Waals surface area contributed by atoms with Gasteiger partial charge in [0.05, 0.1) is 5.69 Å². The number of halogens is 1. The summed E-state index contributed by atoms with van der Waals surface area (Å²) in [6, 6.07) is 7.62. The molecule has 0 aromatic heterocycles. The second kappa shape index (κ2) is 4.77. The third-order valence-electron chi connectivity index (χ3n) is 2.41. The van der Waals surface area contributed by atoms with Crippen molar-refractivity contribution in [2.24, 2.45) is 0 Å². The summed E-state index contributed by atoms with van der Waals surface area (Å²) in [4.78, 5) is 16.6. The van der Waals surface area contributed by atoms with Gasteiger partial charge in [-0.1, -0.05) is 15.9 Å². The third kappa shape index (κ3) is 2.79. The van der Waals surface area contributed by atoms with Gasteiger partial charge in [-0.2, -0.15) is 0 Å². The number of benzene rings is 1. The summed E-state index contributed by atoms with van der Waals surface area (Å²) in [5.41, 5.74) is 3.66. The van der Waals surface area contributed by atoms with Crippen molar-refractivity contribution in [3.63, 3.8) is 0 Å². The van der Waals surface area contributed by atoms with E-state index in [-0.39, 0.29) is 11.9 Å². The number of nitrogens with one attached hydrogen (secondary N) is 1. The zero-order valence-corrected chi connectivity index (χ0v) is 9.79. The number of anilines is 1. The van der Waals surface area contributed by atoms with Gasteiger partial charge >= 0.3 is 0 Å². The van der Waals surface area contributed by atoms with Gasteiger partial charge in [0.15, 0.2) is 5.78 Å². The lowest BCUT2D eigenvalue weighted by Gasteiger charge is -2.11. The molecule has 1 aromatic carbocycles. The van der Waals surface area contributed by atoms with E-state index in [4.69, 9.17) is 4.84 Å². The summed E-state index contributed by atoms with van der Waals surface area (Å²) < 4.78 is 1.02. The van der Waals surface area contributed by atoms with Crippen molar-refractivity contribution in [3.8, 4) is 0 Å². The highest BCUT2D eigenvalue weighted by Gasteiger charge is 2.25. The Bertz CT molecular complexity index is 350. The lowest BCUT2D eigenvalue weighted by molar-refractivity contribution is -0.125. The van der Waals surface area contributed by atoms with Crippen molar-refractivity contribution in [1.82, 2.24) is 0 Å². The molecule has 15 heavy (non-hydrogen) atoms. The highest BCUT2D eigenvalue weighted by molar-refractivity contribution is 9.10. The lowest BCUT2D eigenvalue weighted by Crippen LogP contribution is -2.20. The van der Waals surface area contributed by atoms with E-state index < -0.39 is 0 Å². The molecule has 0 spiro atoms. The van der Waals surface area contributed by atoms with Crippen LogP contribution in [0, 0.1) is 0 Å². The molecule has 80 valence electrons. The van der Waals surface area contributed by atoms with Crippen molar-refractivity contribution in [3.05, 3.63) is 28.7 Å². The topological polar surface area (TPSA) is 38.3 Å². The summed E-state index contributed by atoms with van der Waals surface area (Å²) in [6.07, 6.45) is 2.13. The Morgan fingerprint density at radius 1 is 1.33 bits per heavy atom. The zero-order valence-electron chi connectivity index (χ0n) is 8.20. The summed E-state index contributed by atoms with van der Waals surface area (Å²) >= 11 is 3.35. The summed E-state index contributed by atoms with van der Waals surface area (Å²) in [6.45, 7) is 0. The molecule has 0 heterocycles. The van der Waals surface area contributed by atoms with Crippen molar-refractivity contribution in [2.45, 2.75) is 25.4 Å². The van der Waals surface area contributed by atoms with E-state index in [9.17, 15) is 4.79 Å². The summed E-state index contributed by atoms with van der Waals surface area (Å²) in [5.74, 6) is 0.194. The molecule has 1 aliphatic rings. The molecule has 4 heteroatoms. The van der Waals surface area contributed by atoms with Crippen LogP contribution in [-0.2, 0) is 9.63 Å². The van der Waals surface area contributed by atoms with E-state index in [2.05, 4.69) is 21.4 Å². The average Bonchev–Trinajstić information content (AvgIpc) is 2.63. The van der Waals surface area contributed by atoms with Crippen LogP contribution < -0.4 is 5.48 Å². The van der Waals surface area contributed by atoms with Crippen LogP contribution in [0.5, 0.6) is 0 Å². The van der Waals surface area contributed by atoms with Crippen LogP contribution in [0.1, 0.15) is 19.3 Å². The van der Waals surface area contributed by atoms with E-state index in [0.29, 0.717) is 6.42 Å². The number of carbonyl (C=O) groups is 1. The third-order valence-corrected chi connectivity index (χ3v) is 2.94. The van der Waals surface area contributed by atoms with E-state index >= 15 is 0 Å². The predicted molar refractivity (Wildman–Crippen MR) is 61.5 cm³/mol. The smallest absolute Gasteiger partial charge is 0.164 e. The van der Waals surface area contributed by atoms with E-state index in [0.717, 1.165) is 23.0 Å². The molecular formula is C11H12BrNO2. The fraction of sp³-hybridized carbons (Fsp3) is 0.364. The summed E-state index contributed by atoms with van der Waals surface area (Å²) in [7, 11) is 0. The Hall–Kier alpha value is -0.870. The maximum absolute atomic E-state index is 11.3. The van der Waals surface area contributed by atoms with E-state index in [1.165, 1.54) is 0 Å². The molecule has 0 amide bonds. The van der Waals surface area contributed by atoms with Crippen molar-refractivity contribution >= 4 is 27.4 Å². The van der Waals surface area contributed by atoms with Gasteiger partial charge in [-0.3, -0.25) is 15.1 Å². The van der Waals surface area contributed by atoms with Crippen LogP contribution in [0.3, 0.4) is 0 Å². The first-order valence-electron chi connectivity index (χ1n) is 4.95. The fourth-order valence-corrected chi connectivity index (χ4v) is 1.83. The van der Waals surface area contributed by atoms with Crippen molar-refractivity contribution < 1.29 is 9.63 Å². The quantitative estimate of drug-likeness (QED) is 0.858. The lowest BCUT2D eigenvalue weighted by atomic mass is 10.3. The molecule has 0 saturated heterocycles. The summed E-state index contributed by atoms with van der Waals surface area (Å²) in [5, 5.41) is 0. The number of Topliss-reactive ketones (excluding diaryl/α,β-unsaturated/α-hetero) is 1. The Morgan fingerprint density at radius 2 is 2.07 bits per heavy atom. The van der Waals surface area contributed by atoms with E-state index in [1.54, 1.807) is 0 Å². The fourth-order valence-electron chi connectivity index (χ4n) is 1.57. The molecule has 3 nitrogen and oxygen atoms in total. The predicted octanol–water partition coefficient (Wildman–Crippen LogP) is 2.91. The van der Waals surface area contributed by atoms with Crippen LogP contribution in [0.4, 0.5) is 5.69 Å². The van der Waals surface area contributed by atoms with Crippen LogP contribution in [0.15, 0.2) is 28.7 Å². The molecule has 1 saturated carbocycles. The molecule has 1 atom stereocenters. The number of rotatable bonds is 3. The van der Waals surface area contributed by atoms with Crippen LogP contribution >= 0.6 is 15.9 Å². The highest BCUT2D eigenvalue weighted by atomic mass is 79.9. The minimum atomic E-state index is -0.270. The Kier molecular flexibility index (Phi) is 3.38. The van der Waals surface area contributed by atoms with Gasteiger partial charge < -0.3 is 0 Å². The Morgan fingerprint density at radius 3 is 2.67 bits per heavy atom. The van der Waals surface area contributed by atoms with Gasteiger partial charge in [0.2, 0.25) is 0 Å². The first-order chi connectivity index (χ1) is 7.25. The Labute approximate surface area is 96.9 Å². The zero-order chi connectivity index (χ0) is 10.7. The van der Waals surface area contributed by atoms with Crippen molar-refractivity contribution in [2.75, 3.05) is 5.48 Å². The monoisotopic (exact) mass is 269 g/mol. The molecule has 1 aromatic rings. The van der Waals surface area contributed by atoms with Gasteiger partial charge in [0.25, 0.3) is 0 Å². The molecule has 2 rings (SSSR count). The van der Waals surface area contributed by atoms with Gasteiger partial charge in [-0.25, -0.2) is 0 Å². The molecule has 0 aliphatic heterocycles. The first-order valence-corrected chi connectivity index (χ1v) is 5.75. The van der Waals surface area contributed by atoms with Crippen molar-refractivity contribution in [1.29, 1.82) is 0 Å². The van der Waals surface area contributed by atoms with Gasteiger partial charge in [-0.15, -0.1) is 0 Å². The molecular weight excluding hydrogens is 258 g/mol. The average molecular weight is 270 g/mol. The molecule has 0 radical (unpaired) electrons. The van der Waals surface area contributed by atoms with E-state index in [1.807, 2.05) is 24.3 Å². The number of hydrogen-bond donors (Lipinski definition) is 1. The standard InChI is InChI=1S/C11H12BrNO2/c12-8-4-6-9(7-5-8)13-15-11-3-1-2-10(11)14/h4-7,11,13H,1-3H2. The molecule has 1 unspecified atom stereocenters. The maximum atomic E-state index is 11.3. The molecule has 1 fully saturated rings. The second-order valence-corrected chi connectivity index (χ2v) is 4.49. The minimum absolute atomic E-state index is 0.194. The van der Waals surface area contributed by atoms with Crippen LogP contribution in [0.25, 0.3) is 0 Å². The Balaban J connectivity index is 1.87. The largest absolute Gasteiger partial charge is 0.297 e. The van der Waals surface area contributed by atoms with Gasteiger partial charge in [0.1, 0.15) is 6.10 Å². The van der Waals surface area contributed by atoms with Gasteiger partial charge in [0, 0.05) is 10.9 Å². The first kappa shape index (κ1) is 10.6. The second-order valence-electron chi connectivity index (χ2n) is 3.57. The highest BCUT2D eigenvalue weighted by Crippen LogP contribution is 2.19. The number of ketones is 1. The van der Waals surface area contributed by atoms with Crippen LogP contribution in [-0.4, -0.2) is 11.9 Å². The molecule has 1 N–H and O–H groups in total. The number of hydrogen-bond acceptors (Lipinski definition) is 3. The van der Waals surface area contributed by atoms with Gasteiger partial charge in [-0.05, 0) is 37.1 Å². The SMILES string of the molecule is O=C1CCCC1ONc1ccc(Br)cc1. The number of carbonyl (C=O) groups excluding carboxylic acids is 1.